The molecule has 0 spiro atoms. The summed E-state index contributed by atoms with van der Waals surface area (Å²) in [6.07, 6.45) is 4.43. The van der Waals surface area contributed by atoms with Crippen LogP contribution in [-0.2, 0) is 4.79 Å². The maximum Gasteiger partial charge on any atom is 0.233 e. The lowest BCUT2D eigenvalue weighted by molar-refractivity contribution is -0.120. The van der Waals surface area contributed by atoms with Gasteiger partial charge >= 0.3 is 0 Å². The summed E-state index contributed by atoms with van der Waals surface area (Å²) >= 11 is 7.52. The highest BCUT2D eigenvalue weighted by atomic mass is 35.5. The van der Waals surface area contributed by atoms with Crippen LogP contribution >= 0.6 is 23.4 Å². The third kappa shape index (κ3) is 6.36. The number of nitrogens with zero attached hydrogens (tertiary/aromatic N) is 1. The molecule has 1 saturated heterocycles. The first-order valence-corrected chi connectivity index (χ1v) is 9.72. The minimum atomic E-state index is -0.0336. The molecule has 1 N–H and O–H groups in total. The number of halogens is 1. The number of carbonyl (C=O) groups is 1. The van der Waals surface area contributed by atoms with Crippen molar-refractivity contribution in [2.24, 2.45) is 5.92 Å². The molecular weight excluding hydrogens is 328 g/mol. The molecule has 1 aliphatic rings. The lowest BCUT2D eigenvalue weighted by Gasteiger charge is -2.29. The first-order chi connectivity index (χ1) is 11.1. The van der Waals surface area contributed by atoms with Crippen LogP contribution in [0, 0.1) is 5.92 Å². The molecule has 0 aliphatic carbocycles. The topological polar surface area (TPSA) is 32.3 Å². The number of amides is 1. The molecule has 0 bridgehead atoms. The van der Waals surface area contributed by atoms with Gasteiger partial charge in [0.1, 0.15) is 0 Å². The van der Waals surface area contributed by atoms with E-state index >= 15 is 0 Å². The van der Waals surface area contributed by atoms with E-state index in [2.05, 4.69) is 24.2 Å². The molecule has 1 unspecified atom stereocenters. The molecule has 3 nitrogen and oxygen atoms in total. The Hall–Kier alpha value is -0.710. The van der Waals surface area contributed by atoms with Gasteiger partial charge in [0.15, 0.2) is 0 Å². The van der Waals surface area contributed by atoms with E-state index < -0.39 is 0 Å². The Labute approximate surface area is 149 Å². The van der Waals surface area contributed by atoms with Crippen molar-refractivity contribution in [3.63, 3.8) is 0 Å². The quantitative estimate of drug-likeness (QED) is 0.749. The second-order valence-corrected chi connectivity index (χ2v) is 8.01. The maximum absolute atomic E-state index is 12.4. The largest absolute Gasteiger partial charge is 0.355 e. The number of likely N-dealkylation sites (tertiary alicyclic amines) is 1. The van der Waals surface area contributed by atoms with Gasteiger partial charge in [-0.05, 0) is 76.0 Å². The molecule has 0 aromatic heterocycles. The van der Waals surface area contributed by atoms with Crippen molar-refractivity contribution >= 4 is 29.3 Å². The van der Waals surface area contributed by atoms with Crippen molar-refractivity contribution < 1.29 is 4.79 Å². The predicted octanol–water partition coefficient (Wildman–Crippen LogP) is 4.06. The highest BCUT2D eigenvalue weighted by Crippen LogP contribution is 2.27. The van der Waals surface area contributed by atoms with Crippen molar-refractivity contribution in [2.75, 3.05) is 26.7 Å². The number of piperidine rings is 1. The fourth-order valence-electron chi connectivity index (χ4n) is 2.86. The normalized spacial score (nSPS) is 17.9. The number of hydrogen-bond donors (Lipinski definition) is 1. The molecule has 1 aromatic carbocycles. The van der Waals surface area contributed by atoms with Crippen LogP contribution in [0.4, 0.5) is 0 Å². The van der Waals surface area contributed by atoms with Crippen LogP contribution in [0.15, 0.2) is 29.2 Å². The third-order valence-electron chi connectivity index (χ3n) is 4.45. The number of benzene rings is 1. The van der Waals surface area contributed by atoms with Gasteiger partial charge in [-0.2, -0.15) is 0 Å². The zero-order valence-corrected chi connectivity index (χ0v) is 15.6. The molecule has 5 heteroatoms. The summed E-state index contributed by atoms with van der Waals surface area (Å²) in [6.45, 7) is 5.22. The summed E-state index contributed by atoms with van der Waals surface area (Å²) in [6, 6.07) is 7.69. The predicted molar refractivity (Wildman–Crippen MR) is 99.2 cm³/mol. The van der Waals surface area contributed by atoms with Crippen LogP contribution < -0.4 is 5.32 Å². The zero-order chi connectivity index (χ0) is 16.7. The summed E-state index contributed by atoms with van der Waals surface area (Å²) in [5, 5.41) is 3.82. The van der Waals surface area contributed by atoms with Gasteiger partial charge in [-0.25, -0.2) is 0 Å². The average molecular weight is 355 g/mol. The van der Waals surface area contributed by atoms with Gasteiger partial charge < -0.3 is 10.2 Å². The SMILES string of the molecule is CCC(Sc1ccc(Cl)cc1)C(=O)NCCC1CCN(C)CC1. The third-order valence-corrected chi connectivity index (χ3v) is 6.07. The number of hydrogen-bond acceptors (Lipinski definition) is 3. The van der Waals surface area contributed by atoms with Crippen molar-refractivity contribution in [3.05, 3.63) is 29.3 Å². The Morgan fingerprint density at radius 2 is 2.00 bits per heavy atom. The Kier molecular flexibility index (Phi) is 7.74. The molecule has 1 atom stereocenters. The van der Waals surface area contributed by atoms with Crippen LogP contribution in [0.25, 0.3) is 0 Å². The van der Waals surface area contributed by atoms with E-state index in [4.69, 9.17) is 11.6 Å². The molecule has 0 radical (unpaired) electrons. The second-order valence-electron chi connectivity index (χ2n) is 6.30. The van der Waals surface area contributed by atoms with Gasteiger partial charge in [-0.15, -0.1) is 11.8 Å². The monoisotopic (exact) mass is 354 g/mol. The van der Waals surface area contributed by atoms with Gasteiger partial charge in [0.2, 0.25) is 5.91 Å². The molecule has 1 amide bonds. The fraction of sp³-hybridized carbons (Fsp3) is 0.611. The summed E-state index contributed by atoms with van der Waals surface area (Å²) in [4.78, 5) is 15.8. The minimum Gasteiger partial charge on any atom is -0.355 e. The van der Waals surface area contributed by atoms with Crippen LogP contribution in [-0.4, -0.2) is 42.7 Å². The molecule has 1 fully saturated rings. The Bertz CT molecular complexity index is 486. The standard InChI is InChI=1S/C18H27ClN2OS/c1-3-17(23-16-6-4-15(19)5-7-16)18(22)20-11-8-14-9-12-21(2)13-10-14/h4-7,14,17H,3,8-13H2,1-2H3,(H,20,22). The first-order valence-electron chi connectivity index (χ1n) is 8.47. The Morgan fingerprint density at radius 1 is 1.35 bits per heavy atom. The first kappa shape index (κ1) is 18.6. The molecule has 128 valence electrons. The van der Waals surface area contributed by atoms with Crippen molar-refractivity contribution in [1.82, 2.24) is 10.2 Å². The van der Waals surface area contributed by atoms with E-state index in [9.17, 15) is 4.79 Å². The van der Waals surface area contributed by atoms with E-state index in [1.54, 1.807) is 11.8 Å². The lowest BCUT2D eigenvalue weighted by Crippen LogP contribution is -2.35. The Morgan fingerprint density at radius 3 is 2.61 bits per heavy atom. The van der Waals surface area contributed by atoms with Crippen LogP contribution in [0.3, 0.4) is 0 Å². The molecule has 1 aromatic rings. The van der Waals surface area contributed by atoms with Crippen LogP contribution in [0.2, 0.25) is 5.02 Å². The molecule has 0 saturated carbocycles. The molecular formula is C18H27ClN2OS. The van der Waals surface area contributed by atoms with Gasteiger partial charge in [0, 0.05) is 16.5 Å². The van der Waals surface area contributed by atoms with Crippen molar-refractivity contribution in [3.8, 4) is 0 Å². The highest BCUT2D eigenvalue weighted by molar-refractivity contribution is 8.00. The summed E-state index contributed by atoms with van der Waals surface area (Å²) < 4.78 is 0. The summed E-state index contributed by atoms with van der Waals surface area (Å²) in [5.41, 5.74) is 0. The number of thioether (sulfide) groups is 1. The molecule has 2 rings (SSSR count). The van der Waals surface area contributed by atoms with Crippen LogP contribution in [0.5, 0.6) is 0 Å². The van der Waals surface area contributed by atoms with E-state index in [0.29, 0.717) is 0 Å². The number of carbonyl (C=O) groups excluding carboxylic acids is 1. The second kappa shape index (κ2) is 9.55. The van der Waals surface area contributed by atoms with Gasteiger partial charge in [-0.1, -0.05) is 18.5 Å². The highest BCUT2D eigenvalue weighted by Gasteiger charge is 2.19. The van der Waals surface area contributed by atoms with Crippen molar-refractivity contribution in [2.45, 2.75) is 42.8 Å². The summed E-state index contributed by atoms with van der Waals surface area (Å²) in [5.74, 6) is 0.913. The average Bonchev–Trinajstić information content (AvgIpc) is 2.56. The number of nitrogens with one attached hydrogen (secondary N) is 1. The van der Waals surface area contributed by atoms with E-state index in [-0.39, 0.29) is 11.2 Å². The molecule has 1 heterocycles. The lowest BCUT2D eigenvalue weighted by atomic mass is 9.94. The van der Waals surface area contributed by atoms with Crippen LogP contribution in [0.1, 0.15) is 32.6 Å². The minimum absolute atomic E-state index is 0.0336. The smallest absolute Gasteiger partial charge is 0.233 e. The van der Waals surface area contributed by atoms with E-state index in [1.165, 1.54) is 25.9 Å². The zero-order valence-electron chi connectivity index (χ0n) is 14.1. The van der Waals surface area contributed by atoms with Crippen molar-refractivity contribution in [1.29, 1.82) is 0 Å². The Balaban J connectivity index is 1.73. The van der Waals surface area contributed by atoms with E-state index in [0.717, 1.165) is 35.2 Å². The fourth-order valence-corrected chi connectivity index (χ4v) is 3.97. The van der Waals surface area contributed by atoms with Gasteiger partial charge in [-0.3, -0.25) is 4.79 Å². The maximum atomic E-state index is 12.4. The van der Waals surface area contributed by atoms with Gasteiger partial charge in [0.25, 0.3) is 0 Å². The van der Waals surface area contributed by atoms with E-state index in [1.807, 2.05) is 24.3 Å². The molecule has 1 aliphatic heterocycles. The molecule has 23 heavy (non-hydrogen) atoms. The number of rotatable bonds is 7. The summed E-state index contributed by atoms with van der Waals surface area (Å²) in [7, 11) is 2.18. The van der Waals surface area contributed by atoms with Gasteiger partial charge in [0.05, 0.1) is 5.25 Å².